The zero-order valence-electron chi connectivity index (χ0n) is 18.5. The number of fused-ring (bicyclic) bond motifs is 1. The Morgan fingerprint density at radius 1 is 0.800 bits per heavy atom. The van der Waals surface area contributed by atoms with Crippen LogP contribution in [0.2, 0.25) is 0 Å². The second-order valence-electron chi connectivity index (χ2n) is 8.06. The summed E-state index contributed by atoms with van der Waals surface area (Å²) in [7, 11) is 0. The number of carbonyl (C=O) groups is 3. The van der Waals surface area contributed by atoms with Crippen LogP contribution in [0.15, 0.2) is 108 Å². The van der Waals surface area contributed by atoms with E-state index in [1.54, 1.807) is 24.3 Å². The molecule has 0 radical (unpaired) electrons. The smallest absolute Gasteiger partial charge is 0.279 e. The Labute approximate surface area is 206 Å². The van der Waals surface area contributed by atoms with E-state index < -0.39 is 11.8 Å². The molecule has 172 valence electrons. The Hall–Kier alpha value is -4.42. The molecule has 0 saturated heterocycles. The van der Waals surface area contributed by atoms with E-state index in [0.717, 1.165) is 21.2 Å². The van der Waals surface area contributed by atoms with Crippen LogP contribution in [0.4, 0.5) is 11.4 Å². The van der Waals surface area contributed by atoms with Crippen LogP contribution in [0.1, 0.15) is 15.9 Å². The summed E-state index contributed by atoms with van der Waals surface area (Å²) >= 11 is 6.23. The first-order valence-electron chi connectivity index (χ1n) is 11.0. The Bertz CT molecular complexity index is 1490. The molecule has 0 saturated carbocycles. The van der Waals surface area contributed by atoms with Crippen molar-refractivity contribution in [1.29, 1.82) is 0 Å². The van der Waals surface area contributed by atoms with Crippen molar-refractivity contribution < 1.29 is 14.4 Å². The second kappa shape index (κ2) is 9.44. The number of anilines is 2. The molecule has 2 N–H and O–H groups in total. The molecule has 0 aromatic heterocycles. The van der Waals surface area contributed by atoms with E-state index in [1.807, 2.05) is 72.8 Å². The molecule has 7 heteroatoms. The minimum Gasteiger partial charge on any atom is -0.350 e. The lowest BCUT2D eigenvalue weighted by Gasteiger charge is -2.15. The zero-order chi connectivity index (χ0) is 24.4. The van der Waals surface area contributed by atoms with Gasteiger partial charge in [-0.1, -0.05) is 84.4 Å². The Kier molecular flexibility index (Phi) is 6.04. The molecule has 1 aliphatic heterocycles. The third kappa shape index (κ3) is 4.52. The fourth-order valence-electron chi connectivity index (χ4n) is 3.98. The van der Waals surface area contributed by atoms with Crippen molar-refractivity contribution in [2.45, 2.75) is 6.54 Å². The number of nitrogens with one attached hydrogen (secondary N) is 2. The molecule has 0 atom stereocenters. The molecule has 0 fully saturated rings. The van der Waals surface area contributed by atoms with Gasteiger partial charge in [-0.15, -0.1) is 0 Å². The highest BCUT2D eigenvalue weighted by molar-refractivity contribution is 6.48. The topological polar surface area (TPSA) is 78.5 Å². The molecule has 1 aliphatic rings. The van der Waals surface area contributed by atoms with Gasteiger partial charge >= 0.3 is 0 Å². The molecule has 35 heavy (non-hydrogen) atoms. The quantitative estimate of drug-likeness (QED) is 0.355. The maximum atomic E-state index is 13.0. The van der Waals surface area contributed by atoms with E-state index >= 15 is 0 Å². The van der Waals surface area contributed by atoms with Crippen LogP contribution in [-0.4, -0.2) is 22.6 Å². The maximum Gasteiger partial charge on any atom is 0.279 e. The van der Waals surface area contributed by atoms with Crippen LogP contribution in [0.25, 0.3) is 10.8 Å². The summed E-state index contributed by atoms with van der Waals surface area (Å²) in [6.07, 6.45) is 0. The van der Waals surface area contributed by atoms with Crippen LogP contribution in [-0.2, 0) is 16.1 Å². The van der Waals surface area contributed by atoms with Crippen LogP contribution in [0, 0.1) is 0 Å². The number of benzene rings is 4. The fraction of sp³-hybridized carbons (Fsp3) is 0.0357. The average Bonchev–Trinajstić information content (AvgIpc) is 3.08. The van der Waals surface area contributed by atoms with Gasteiger partial charge in [0.1, 0.15) is 10.7 Å². The van der Waals surface area contributed by atoms with Gasteiger partial charge in [0.05, 0.1) is 6.54 Å². The van der Waals surface area contributed by atoms with Crippen molar-refractivity contribution in [3.05, 3.63) is 119 Å². The number of hydrogen-bond acceptors (Lipinski definition) is 4. The lowest BCUT2D eigenvalue weighted by Crippen LogP contribution is -2.31. The van der Waals surface area contributed by atoms with Gasteiger partial charge in [0.15, 0.2) is 0 Å². The van der Waals surface area contributed by atoms with E-state index in [-0.39, 0.29) is 23.2 Å². The van der Waals surface area contributed by atoms with Crippen LogP contribution < -0.4 is 10.6 Å². The van der Waals surface area contributed by atoms with E-state index in [1.165, 1.54) is 0 Å². The van der Waals surface area contributed by atoms with Gasteiger partial charge in [-0.2, -0.15) is 0 Å². The number of nitrogens with zero attached hydrogens (tertiary/aromatic N) is 1. The van der Waals surface area contributed by atoms with Gasteiger partial charge in [0.2, 0.25) is 0 Å². The SMILES string of the molecule is O=C(Nc1cccc2ccccc12)c1cccc(NC2=C(Cl)C(=O)N(Cc3ccccc3)C2=O)c1. The lowest BCUT2D eigenvalue weighted by molar-refractivity contribution is -0.138. The zero-order valence-corrected chi connectivity index (χ0v) is 19.3. The van der Waals surface area contributed by atoms with Crippen molar-refractivity contribution in [3.63, 3.8) is 0 Å². The first-order chi connectivity index (χ1) is 17.0. The highest BCUT2D eigenvalue weighted by Crippen LogP contribution is 2.28. The summed E-state index contributed by atoms with van der Waals surface area (Å²) in [5.41, 5.74) is 2.35. The number of carbonyl (C=O) groups excluding carboxylic acids is 3. The fourth-order valence-corrected chi connectivity index (χ4v) is 4.21. The number of halogens is 1. The Morgan fingerprint density at radius 3 is 2.34 bits per heavy atom. The number of amides is 3. The largest absolute Gasteiger partial charge is 0.350 e. The van der Waals surface area contributed by atoms with Gasteiger partial charge in [-0.25, -0.2) is 0 Å². The first kappa shape index (κ1) is 22.4. The highest BCUT2D eigenvalue weighted by atomic mass is 35.5. The minimum atomic E-state index is -0.562. The van der Waals surface area contributed by atoms with E-state index in [0.29, 0.717) is 16.9 Å². The van der Waals surface area contributed by atoms with Gasteiger partial charge in [0, 0.05) is 22.3 Å². The van der Waals surface area contributed by atoms with Gasteiger partial charge in [-0.3, -0.25) is 19.3 Å². The summed E-state index contributed by atoms with van der Waals surface area (Å²) in [6, 6.07) is 29.4. The number of rotatable bonds is 6. The van der Waals surface area contributed by atoms with Crippen molar-refractivity contribution in [2.75, 3.05) is 10.6 Å². The predicted molar refractivity (Wildman–Crippen MR) is 137 cm³/mol. The highest BCUT2D eigenvalue weighted by Gasteiger charge is 2.37. The molecule has 1 heterocycles. The van der Waals surface area contributed by atoms with E-state index in [2.05, 4.69) is 10.6 Å². The Morgan fingerprint density at radius 2 is 1.51 bits per heavy atom. The Balaban J connectivity index is 1.34. The summed E-state index contributed by atoms with van der Waals surface area (Å²) in [5, 5.41) is 7.65. The monoisotopic (exact) mass is 481 g/mol. The molecule has 0 bridgehead atoms. The van der Waals surface area contributed by atoms with Crippen LogP contribution in [0.5, 0.6) is 0 Å². The maximum absolute atomic E-state index is 13.0. The van der Waals surface area contributed by atoms with Crippen molar-refractivity contribution in [2.24, 2.45) is 0 Å². The van der Waals surface area contributed by atoms with Crippen LogP contribution >= 0.6 is 11.6 Å². The van der Waals surface area contributed by atoms with Crippen molar-refractivity contribution in [1.82, 2.24) is 4.90 Å². The standard InChI is InChI=1S/C28H20ClN3O3/c29-24-25(28(35)32(27(24)34)17-18-8-2-1-3-9-18)30-21-13-6-12-20(16-21)26(33)31-23-15-7-11-19-10-4-5-14-22(19)23/h1-16,30H,17H2,(H,31,33). The average molecular weight is 482 g/mol. The summed E-state index contributed by atoms with van der Waals surface area (Å²) in [5.74, 6) is -1.38. The third-order valence-electron chi connectivity index (χ3n) is 5.73. The number of imide groups is 1. The molecule has 4 aromatic carbocycles. The molecule has 0 aliphatic carbocycles. The molecular formula is C28H20ClN3O3. The lowest BCUT2D eigenvalue weighted by atomic mass is 10.1. The second-order valence-corrected chi connectivity index (χ2v) is 8.44. The first-order valence-corrected chi connectivity index (χ1v) is 11.3. The molecular weight excluding hydrogens is 462 g/mol. The molecule has 3 amide bonds. The van der Waals surface area contributed by atoms with Crippen LogP contribution in [0.3, 0.4) is 0 Å². The molecule has 4 aromatic rings. The van der Waals surface area contributed by atoms with Gasteiger partial charge in [-0.05, 0) is 35.2 Å². The molecule has 0 unspecified atom stereocenters. The number of hydrogen-bond donors (Lipinski definition) is 2. The van der Waals surface area contributed by atoms with Crippen molar-refractivity contribution >= 4 is 51.5 Å². The normalized spacial score (nSPS) is 13.5. The molecule has 5 rings (SSSR count). The van der Waals surface area contributed by atoms with E-state index in [4.69, 9.17) is 11.6 Å². The van der Waals surface area contributed by atoms with Gasteiger partial charge in [0.25, 0.3) is 17.7 Å². The molecule has 6 nitrogen and oxygen atoms in total. The molecule has 0 spiro atoms. The summed E-state index contributed by atoms with van der Waals surface area (Å²) in [4.78, 5) is 39.6. The predicted octanol–water partition coefficient (Wildman–Crippen LogP) is 5.52. The van der Waals surface area contributed by atoms with Crippen molar-refractivity contribution in [3.8, 4) is 0 Å². The van der Waals surface area contributed by atoms with Gasteiger partial charge < -0.3 is 10.6 Å². The minimum absolute atomic E-state index is 0.0146. The third-order valence-corrected chi connectivity index (χ3v) is 6.08. The summed E-state index contributed by atoms with van der Waals surface area (Å²) in [6.45, 7) is 0.118. The summed E-state index contributed by atoms with van der Waals surface area (Å²) < 4.78 is 0. The van der Waals surface area contributed by atoms with E-state index in [9.17, 15) is 14.4 Å².